The third kappa shape index (κ3) is 2.69. The van der Waals surface area contributed by atoms with Crippen LogP contribution in [0, 0.1) is 17.0 Å². The molecule has 0 bridgehead atoms. The second-order valence-corrected chi connectivity index (χ2v) is 6.38. The molecule has 0 atom stereocenters. The van der Waals surface area contributed by atoms with Gasteiger partial charge in [-0.15, -0.1) is 0 Å². The summed E-state index contributed by atoms with van der Waals surface area (Å²) >= 11 is 0. The lowest BCUT2D eigenvalue weighted by molar-refractivity contribution is -0.384. The van der Waals surface area contributed by atoms with Gasteiger partial charge in [-0.2, -0.15) is 0 Å². The molecular weight excluding hydrogens is 334 g/mol. The van der Waals surface area contributed by atoms with Crippen LogP contribution in [0.25, 0.3) is 16.6 Å². The molecule has 3 aromatic rings. The minimum atomic E-state index is -0.472. The molecule has 2 aromatic heterocycles. The summed E-state index contributed by atoms with van der Waals surface area (Å²) in [6, 6.07) is 6.21. The molecular formula is C18H17N5O3. The Bertz CT molecular complexity index is 1070. The number of aryl methyl sites for hydroxylation is 1. The molecule has 0 spiro atoms. The van der Waals surface area contributed by atoms with Gasteiger partial charge in [-0.3, -0.25) is 19.5 Å². The van der Waals surface area contributed by atoms with Gasteiger partial charge in [0.2, 0.25) is 5.95 Å². The van der Waals surface area contributed by atoms with Crippen LogP contribution in [0.1, 0.15) is 18.4 Å². The monoisotopic (exact) mass is 351 g/mol. The van der Waals surface area contributed by atoms with E-state index in [1.807, 2.05) is 6.92 Å². The Labute approximate surface area is 148 Å². The van der Waals surface area contributed by atoms with Crippen molar-refractivity contribution in [3.63, 3.8) is 0 Å². The molecule has 1 aliphatic rings. The second-order valence-electron chi connectivity index (χ2n) is 6.38. The quantitative estimate of drug-likeness (QED) is 0.532. The number of nitro groups is 1. The Morgan fingerprint density at radius 2 is 1.96 bits per heavy atom. The van der Waals surface area contributed by atoms with Crippen molar-refractivity contribution in [2.24, 2.45) is 0 Å². The maximum Gasteiger partial charge on any atom is 0.271 e. The average molecular weight is 351 g/mol. The Kier molecular flexibility index (Phi) is 3.87. The number of non-ortho nitro benzene ring substituents is 1. The number of anilines is 1. The molecule has 4 rings (SSSR count). The van der Waals surface area contributed by atoms with Crippen molar-refractivity contribution in [1.29, 1.82) is 0 Å². The Morgan fingerprint density at radius 1 is 1.19 bits per heavy atom. The summed E-state index contributed by atoms with van der Waals surface area (Å²) in [7, 11) is 0. The van der Waals surface area contributed by atoms with Crippen LogP contribution < -0.4 is 10.5 Å². The minimum Gasteiger partial charge on any atom is -0.341 e. The van der Waals surface area contributed by atoms with E-state index in [4.69, 9.17) is 0 Å². The van der Waals surface area contributed by atoms with Gasteiger partial charge in [0.25, 0.3) is 11.2 Å². The standard InChI is InChI=1S/C18H17N5O3/c1-12-4-5-13(23(25)26)10-16(12)22-9-6-15-14(17(22)24)11-19-18(20-15)21-7-2-3-8-21/h4-6,9-11H,2-3,7-8H2,1H3. The van der Waals surface area contributed by atoms with Crippen molar-refractivity contribution in [3.8, 4) is 5.69 Å². The van der Waals surface area contributed by atoms with Crippen molar-refractivity contribution in [1.82, 2.24) is 14.5 Å². The van der Waals surface area contributed by atoms with Crippen LogP contribution in [-0.2, 0) is 0 Å². The molecule has 1 aromatic carbocycles. The largest absolute Gasteiger partial charge is 0.341 e. The molecule has 8 heteroatoms. The van der Waals surface area contributed by atoms with Gasteiger partial charge in [0, 0.05) is 37.6 Å². The lowest BCUT2D eigenvalue weighted by Gasteiger charge is -2.15. The summed E-state index contributed by atoms with van der Waals surface area (Å²) in [5.74, 6) is 0.638. The Balaban J connectivity index is 1.84. The van der Waals surface area contributed by atoms with Crippen LogP contribution in [0.2, 0.25) is 0 Å². The van der Waals surface area contributed by atoms with Gasteiger partial charge >= 0.3 is 0 Å². The smallest absolute Gasteiger partial charge is 0.271 e. The predicted octanol–water partition coefficient (Wildman–Crippen LogP) is 2.60. The molecule has 1 aliphatic heterocycles. The number of nitrogens with zero attached hydrogens (tertiary/aromatic N) is 5. The molecule has 1 saturated heterocycles. The van der Waals surface area contributed by atoms with E-state index in [2.05, 4.69) is 14.9 Å². The first-order chi connectivity index (χ1) is 12.5. The first kappa shape index (κ1) is 16.2. The fourth-order valence-electron chi connectivity index (χ4n) is 3.25. The number of rotatable bonds is 3. The molecule has 26 heavy (non-hydrogen) atoms. The van der Waals surface area contributed by atoms with Crippen LogP contribution in [0.5, 0.6) is 0 Å². The first-order valence-corrected chi connectivity index (χ1v) is 8.43. The molecule has 132 valence electrons. The summed E-state index contributed by atoms with van der Waals surface area (Å²) in [5.41, 5.74) is 1.48. The summed E-state index contributed by atoms with van der Waals surface area (Å²) in [4.78, 5) is 34.4. The van der Waals surface area contributed by atoms with Crippen LogP contribution in [0.4, 0.5) is 11.6 Å². The fraction of sp³-hybridized carbons (Fsp3) is 0.278. The van der Waals surface area contributed by atoms with Gasteiger partial charge < -0.3 is 4.90 Å². The van der Waals surface area contributed by atoms with Crippen molar-refractivity contribution >= 4 is 22.5 Å². The number of fused-ring (bicyclic) bond motifs is 1. The van der Waals surface area contributed by atoms with Gasteiger partial charge in [0.1, 0.15) is 0 Å². The molecule has 0 unspecified atom stereocenters. The predicted molar refractivity (Wildman–Crippen MR) is 98.0 cm³/mol. The summed E-state index contributed by atoms with van der Waals surface area (Å²) in [6.45, 7) is 3.66. The van der Waals surface area contributed by atoms with Crippen LogP contribution in [0.15, 0.2) is 41.5 Å². The lowest BCUT2D eigenvalue weighted by atomic mass is 10.1. The number of hydrogen-bond acceptors (Lipinski definition) is 6. The van der Waals surface area contributed by atoms with Crippen molar-refractivity contribution in [3.05, 3.63) is 62.7 Å². The van der Waals surface area contributed by atoms with Gasteiger partial charge in [0.15, 0.2) is 0 Å². The zero-order valence-electron chi connectivity index (χ0n) is 14.3. The maximum atomic E-state index is 12.9. The van der Waals surface area contributed by atoms with E-state index in [9.17, 15) is 14.9 Å². The summed E-state index contributed by atoms with van der Waals surface area (Å²) in [6.07, 6.45) is 5.39. The van der Waals surface area contributed by atoms with E-state index in [0.717, 1.165) is 31.5 Å². The van der Waals surface area contributed by atoms with Crippen molar-refractivity contribution < 1.29 is 4.92 Å². The summed E-state index contributed by atoms with van der Waals surface area (Å²) in [5, 5.41) is 11.4. The highest BCUT2D eigenvalue weighted by Gasteiger charge is 2.17. The zero-order valence-corrected chi connectivity index (χ0v) is 14.3. The highest BCUT2D eigenvalue weighted by molar-refractivity contribution is 5.78. The average Bonchev–Trinajstić information content (AvgIpc) is 3.17. The van der Waals surface area contributed by atoms with Crippen LogP contribution in [0.3, 0.4) is 0 Å². The third-order valence-electron chi connectivity index (χ3n) is 4.69. The van der Waals surface area contributed by atoms with E-state index < -0.39 is 4.92 Å². The first-order valence-electron chi connectivity index (χ1n) is 8.43. The van der Waals surface area contributed by atoms with Gasteiger partial charge in [-0.1, -0.05) is 6.07 Å². The second kappa shape index (κ2) is 6.21. The molecule has 1 fully saturated rings. The van der Waals surface area contributed by atoms with Gasteiger partial charge in [-0.05, 0) is 31.4 Å². The van der Waals surface area contributed by atoms with E-state index in [1.165, 1.54) is 16.7 Å². The lowest BCUT2D eigenvalue weighted by Crippen LogP contribution is -2.22. The van der Waals surface area contributed by atoms with Gasteiger partial charge in [-0.25, -0.2) is 9.97 Å². The number of aromatic nitrogens is 3. The number of nitro benzene ring substituents is 1. The van der Waals surface area contributed by atoms with E-state index in [1.54, 1.807) is 24.5 Å². The highest BCUT2D eigenvalue weighted by Crippen LogP contribution is 2.22. The van der Waals surface area contributed by atoms with E-state index in [-0.39, 0.29) is 11.2 Å². The topological polar surface area (TPSA) is 94.2 Å². The molecule has 0 saturated carbocycles. The number of benzene rings is 1. The Hall–Kier alpha value is -3.29. The van der Waals surface area contributed by atoms with E-state index in [0.29, 0.717) is 22.5 Å². The van der Waals surface area contributed by atoms with Crippen LogP contribution in [-0.4, -0.2) is 32.5 Å². The van der Waals surface area contributed by atoms with Gasteiger partial charge in [0.05, 0.1) is 21.5 Å². The Morgan fingerprint density at radius 3 is 2.69 bits per heavy atom. The number of pyridine rings is 1. The normalized spacial score (nSPS) is 14.1. The molecule has 8 nitrogen and oxygen atoms in total. The fourth-order valence-corrected chi connectivity index (χ4v) is 3.25. The van der Waals surface area contributed by atoms with Crippen molar-refractivity contribution in [2.45, 2.75) is 19.8 Å². The maximum absolute atomic E-state index is 12.9. The SMILES string of the molecule is Cc1ccc([N+](=O)[O-])cc1-n1ccc2nc(N3CCCC3)ncc2c1=O. The molecule has 0 amide bonds. The highest BCUT2D eigenvalue weighted by atomic mass is 16.6. The molecule has 0 N–H and O–H groups in total. The molecule has 0 radical (unpaired) electrons. The van der Waals surface area contributed by atoms with Crippen LogP contribution >= 0.6 is 0 Å². The third-order valence-corrected chi connectivity index (χ3v) is 4.69. The van der Waals surface area contributed by atoms with E-state index >= 15 is 0 Å². The number of hydrogen-bond donors (Lipinski definition) is 0. The summed E-state index contributed by atoms with van der Waals surface area (Å²) < 4.78 is 1.41. The molecule has 0 aliphatic carbocycles. The zero-order chi connectivity index (χ0) is 18.3. The molecule has 3 heterocycles. The van der Waals surface area contributed by atoms with Crippen molar-refractivity contribution in [2.75, 3.05) is 18.0 Å². The minimum absolute atomic E-state index is 0.0572.